The second kappa shape index (κ2) is 8.96. The smallest absolute Gasteiger partial charge is 0.256 e. The van der Waals surface area contributed by atoms with Crippen molar-refractivity contribution in [1.29, 1.82) is 0 Å². The van der Waals surface area contributed by atoms with Gasteiger partial charge in [0.1, 0.15) is 5.41 Å². The van der Waals surface area contributed by atoms with Crippen molar-refractivity contribution in [2.45, 2.75) is 23.3 Å². The lowest BCUT2D eigenvalue weighted by atomic mass is 9.73. The van der Waals surface area contributed by atoms with Gasteiger partial charge in [-0.05, 0) is 41.5 Å². The fourth-order valence-corrected chi connectivity index (χ4v) is 5.65. The van der Waals surface area contributed by atoms with Crippen molar-refractivity contribution in [3.05, 3.63) is 95.6 Å². The standard InChI is InChI=1S/C25H25BrN2OS/c1-27(18-19-10-6-9-15-23(19)30-2)28-22-14-8-7-13-21(22)25(16-17-26,24(28)29)20-11-4-3-5-12-20/h3-15H,16-18H2,1-2H3/t25-/m1/s1. The van der Waals surface area contributed by atoms with Crippen LogP contribution in [-0.2, 0) is 16.8 Å². The Labute approximate surface area is 191 Å². The summed E-state index contributed by atoms with van der Waals surface area (Å²) in [6, 6.07) is 26.8. The molecule has 0 bridgehead atoms. The van der Waals surface area contributed by atoms with Crippen LogP contribution in [0, 0.1) is 0 Å². The molecule has 1 atom stereocenters. The lowest BCUT2D eigenvalue weighted by Gasteiger charge is -2.33. The molecule has 30 heavy (non-hydrogen) atoms. The summed E-state index contributed by atoms with van der Waals surface area (Å²) in [6.07, 6.45) is 2.80. The molecule has 0 unspecified atom stereocenters. The van der Waals surface area contributed by atoms with Crippen molar-refractivity contribution in [3.63, 3.8) is 0 Å². The zero-order chi connectivity index (χ0) is 21.1. The van der Waals surface area contributed by atoms with Gasteiger partial charge < -0.3 is 0 Å². The molecular weight excluding hydrogens is 456 g/mol. The number of hydrogen-bond acceptors (Lipinski definition) is 3. The van der Waals surface area contributed by atoms with E-state index in [-0.39, 0.29) is 5.91 Å². The van der Waals surface area contributed by atoms with Gasteiger partial charge in [-0.2, -0.15) is 0 Å². The predicted octanol–water partition coefficient (Wildman–Crippen LogP) is 5.87. The van der Waals surface area contributed by atoms with Gasteiger partial charge in [-0.1, -0.05) is 82.7 Å². The number of anilines is 1. The maximum atomic E-state index is 14.1. The number of thioether (sulfide) groups is 1. The predicted molar refractivity (Wildman–Crippen MR) is 129 cm³/mol. The van der Waals surface area contributed by atoms with Crippen LogP contribution in [0.5, 0.6) is 0 Å². The Morgan fingerprint density at radius 2 is 1.63 bits per heavy atom. The highest BCUT2D eigenvalue weighted by Crippen LogP contribution is 2.49. The summed E-state index contributed by atoms with van der Waals surface area (Å²) in [5.41, 5.74) is 3.62. The first-order chi connectivity index (χ1) is 14.6. The van der Waals surface area contributed by atoms with Crippen molar-refractivity contribution in [3.8, 4) is 0 Å². The average Bonchev–Trinajstić information content (AvgIpc) is 3.04. The van der Waals surface area contributed by atoms with Crippen molar-refractivity contribution >= 4 is 39.3 Å². The van der Waals surface area contributed by atoms with Crippen LogP contribution in [0.3, 0.4) is 0 Å². The second-order valence-corrected chi connectivity index (χ2v) is 9.11. The van der Waals surface area contributed by atoms with Gasteiger partial charge in [0.15, 0.2) is 0 Å². The van der Waals surface area contributed by atoms with E-state index < -0.39 is 5.41 Å². The Morgan fingerprint density at radius 3 is 2.37 bits per heavy atom. The number of para-hydroxylation sites is 1. The fourth-order valence-electron chi connectivity index (χ4n) is 4.44. The van der Waals surface area contributed by atoms with Crippen molar-refractivity contribution in [2.24, 2.45) is 0 Å². The third-order valence-corrected chi connectivity index (χ3v) is 7.05. The summed E-state index contributed by atoms with van der Waals surface area (Å²) in [5.74, 6) is 0.110. The van der Waals surface area contributed by atoms with Gasteiger partial charge in [-0.15, -0.1) is 11.8 Å². The van der Waals surface area contributed by atoms with Crippen LogP contribution in [0.1, 0.15) is 23.1 Å². The van der Waals surface area contributed by atoms with Gasteiger partial charge in [-0.3, -0.25) is 4.79 Å². The number of amides is 1. The number of hydrogen-bond donors (Lipinski definition) is 0. The van der Waals surface area contributed by atoms with Gasteiger partial charge in [-0.25, -0.2) is 10.0 Å². The lowest BCUT2D eigenvalue weighted by Crippen LogP contribution is -2.48. The SMILES string of the molecule is CSc1ccccc1CN(C)N1C(=O)[C@](CCBr)(c2ccccc2)c2ccccc21. The van der Waals surface area contributed by atoms with Crippen molar-refractivity contribution in [1.82, 2.24) is 5.01 Å². The molecule has 3 nitrogen and oxygen atoms in total. The quantitative estimate of drug-likeness (QED) is 0.311. The number of alkyl halides is 1. The highest BCUT2D eigenvalue weighted by atomic mass is 79.9. The Bertz CT molecular complexity index is 1040. The van der Waals surface area contributed by atoms with Gasteiger partial charge in [0.05, 0.1) is 5.69 Å². The molecule has 3 aromatic carbocycles. The second-order valence-electron chi connectivity index (χ2n) is 7.47. The fraction of sp³-hybridized carbons (Fsp3) is 0.240. The number of carbonyl (C=O) groups is 1. The molecular formula is C25H25BrN2OS. The van der Waals surface area contributed by atoms with Gasteiger partial charge in [0, 0.05) is 23.8 Å². The van der Waals surface area contributed by atoms with E-state index in [2.05, 4.69) is 75.7 Å². The number of benzene rings is 3. The minimum absolute atomic E-state index is 0.110. The van der Waals surface area contributed by atoms with E-state index in [0.29, 0.717) is 13.0 Å². The van der Waals surface area contributed by atoms with Crippen LogP contribution in [0.25, 0.3) is 0 Å². The molecule has 0 spiro atoms. The first kappa shape index (κ1) is 21.2. The topological polar surface area (TPSA) is 23.6 Å². The van der Waals surface area contributed by atoms with Crippen LogP contribution < -0.4 is 5.01 Å². The molecule has 4 rings (SSSR count). The highest BCUT2D eigenvalue weighted by molar-refractivity contribution is 9.09. The minimum atomic E-state index is -0.686. The number of halogens is 1. The first-order valence-electron chi connectivity index (χ1n) is 10.0. The van der Waals surface area contributed by atoms with Crippen LogP contribution in [0.4, 0.5) is 5.69 Å². The number of rotatable bonds is 7. The number of hydrazine groups is 1. The maximum absolute atomic E-state index is 14.1. The van der Waals surface area contributed by atoms with E-state index in [1.165, 1.54) is 10.5 Å². The highest BCUT2D eigenvalue weighted by Gasteiger charge is 2.52. The molecule has 1 aliphatic rings. The number of nitrogens with zero attached hydrogens (tertiary/aromatic N) is 2. The van der Waals surface area contributed by atoms with Crippen LogP contribution in [0.2, 0.25) is 0 Å². The third-order valence-electron chi connectivity index (χ3n) is 5.82. The van der Waals surface area contributed by atoms with E-state index in [4.69, 9.17) is 0 Å². The first-order valence-corrected chi connectivity index (χ1v) is 12.4. The molecule has 0 saturated heterocycles. The normalized spacial score (nSPS) is 18.1. The maximum Gasteiger partial charge on any atom is 0.256 e. The molecule has 0 N–H and O–H groups in total. The Kier molecular flexibility index (Phi) is 6.32. The van der Waals surface area contributed by atoms with Gasteiger partial charge in [0.2, 0.25) is 0 Å². The Balaban J connectivity index is 1.80. The molecule has 1 heterocycles. The number of carbonyl (C=O) groups excluding carboxylic acids is 1. The van der Waals surface area contributed by atoms with E-state index in [1.54, 1.807) is 11.8 Å². The van der Waals surface area contributed by atoms with E-state index in [1.807, 2.05) is 42.4 Å². The molecule has 5 heteroatoms. The van der Waals surface area contributed by atoms with Crippen LogP contribution >= 0.6 is 27.7 Å². The van der Waals surface area contributed by atoms with Gasteiger partial charge >= 0.3 is 0 Å². The van der Waals surface area contributed by atoms with Crippen molar-refractivity contribution < 1.29 is 4.79 Å². The van der Waals surface area contributed by atoms with Gasteiger partial charge in [0.25, 0.3) is 5.91 Å². The largest absolute Gasteiger partial charge is 0.272 e. The zero-order valence-corrected chi connectivity index (χ0v) is 19.6. The van der Waals surface area contributed by atoms with Crippen LogP contribution in [-0.4, -0.2) is 29.5 Å². The lowest BCUT2D eigenvalue weighted by molar-refractivity contribution is -0.124. The summed E-state index contributed by atoms with van der Waals surface area (Å²) < 4.78 is 0. The molecule has 1 amide bonds. The zero-order valence-electron chi connectivity index (χ0n) is 17.2. The summed E-state index contributed by atoms with van der Waals surface area (Å²) >= 11 is 5.35. The molecule has 0 aromatic heterocycles. The van der Waals surface area contributed by atoms with Crippen LogP contribution in [0.15, 0.2) is 83.8 Å². The molecule has 0 radical (unpaired) electrons. The average molecular weight is 481 g/mol. The monoisotopic (exact) mass is 480 g/mol. The summed E-state index contributed by atoms with van der Waals surface area (Å²) in [6.45, 7) is 0.663. The van der Waals surface area contributed by atoms with Crippen molar-refractivity contribution in [2.75, 3.05) is 23.6 Å². The molecule has 0 aliphatic carbocycles. The third kappa shape index (κ3) is 3.49. The summed E-state index contributed by atoms with van der Waals surface area (Å²) in [5, 5.41) is 4.67. The molecule has 3 aromatic rings. The minimum Gasteiger partial charge on any atom is -0.272 e. The van der Waals surface area contributed by atoms with E-state index >= 15 is 0 Å². The van der Waals surface area contributed by atoms with E-state index in [9.17, 15) is 4.79 Å². The number of fused-ring (bicyclic) bond motifs is 1. The molecule has 0 saturated carbocycles. The Hall–Kier alpha value is -2.08. The summed E-state index contributed by atoms with van der Waals surface area (Å²) in [4.78, 5) is 15.4. The summed E-state index contributed by atoms with van der Waals surface area (Å²) in [7, 11) is 2.00. The molecule has 0 fully saturated rings. The molecule has 154 valence electrons. The Morgan fingerprint density at radius 1 is 0.967 bits per heavy atom. The molecule has 1 aliphatic heterocycles. The van der Waals surface area contributed by atoms with E-state index in [0.717, 1.165) is 22.1 Å².